The lowest BCUT2D eigenvalue weighted by atomic mass is 10.1. The van der Waals surface area contributed by atoms with Gasteiger partial charge in [0.2, 0.25) is 0 Å². The number of hydrogen-bond donors (Lipinski definition) is 2. The van der Waals surface area contributed by atoms with Gasteiger partial charge in [-0.15, -0.1) is 0 Å². The molecule has 5 heteroatoms. The van der Waals surface area contributed by atoms with Crippen LogP contribution in [0.4, 0.5) is 5.69 Å². The molecule has 0 atom stereocenters. The molecule has 2 N–H and O–H groups in total. The largest absolute Gasteiger partial charge is 0.497 e. The average molecular weight is 354 g/mol. The van der Waals surface area contributed by atoms with E-state index in [-0.39, 0.29) is 0 Å². The molecular weight excluding hydrogens is 324 g/mol. The van der Waals surface area contributed by atoms with Crippen molar-refractivity contribution in [3.63, 3.8) is 0 Å². The van der Waals surface area contributed by atoms with E-state index in [1.165, 1.54) is 16.8 Å². The molecule has 0 amide bonds. The van der Waals surface area contributed by atoms with E-state index < -0.39 is 0 Å². The predicted octanol–water partition coefficient (Wildman–Crippen LogP) is 3.06. The van der Waals surface area contributed by atoms with Gasteiger partial charge in [-0.3, -0.25) is 0 Å². The van der Waals surface area contributed by atoms with Crippen molar-refractivity contribution in [2.24, 2.45) is 4.99 Å². The van der Waals surface area contributed by atoms with Crippen molar-refractivity contribution < 1.29 is 4.74 Å². The van der Waals surface area contributed by atoms with E-state index in [1.54, 1.807) is 7.11 Å². The third-order valence-corrected chi connectivity index (χ3v) is 4.06. The molecule has 5 nitrogen and oxygen atoms in total. The Hall–Kier alpha value is -2.69. The summed E-state index contributed by atoms with van der Waals surface area (Å²) >= 11 is 0. The highest BCUT2D eigenvalue weighted by molar-refractivity contribution is 5.79. The Morgan fingerprint density at radius 3 is 2.46 bits per heavy atom. The van der Waals surface area contributed by atoms with E-state index in [4.69, 9.17) is 9.73 Å². The molecule has 0 fully saturated rings. The Morgan fingerprint density at radius 1 is 1.04 bits per heavy atom. The highest BCUT2D eigenvalue weighted by atomic mass is 16.5. The summed E-state index contributed by atoms with van der Waals surface area (Å²) in [5.74, 6) is 1.73. The number of rotatable bonds is 8. The third-order valence-electron chi connectivity index (χ3n) is 4.06. The summed E-state index contributed by atoms with van der Waals surface area (Å²) in [4.78, 5) is 6.80. The molecule has 26 heavy (non-hydrogen) atoms. The number of ether oxygens (including phenoxy) is 1. The van der Waals surface area contributed by atoms with Crippen molar-refractivity contribution in [3.05, 3.63) is 59.7 Å². The number of hydrogen-bond acceptors (Lipinski definition) is 3. The molecule has 0 bridgehead atoms. The summed E-state index contributed by atoms with van der Waals surface area (Å²) in [6.07, 6.45) is 0.935. The number of guanidine groups is 1. The van der Waals surface area contributed by atoms with Crippen LogP contribution >= 0.6 is 0 Å². The molecule has 2 aromatic rings. The van der Waals surface area contributed by atoms with Crippen LogP contribution in [0.2, 0.25) is 0 Å². The molecule has 0 heterocycles. The minimum Gasteiger partial charge on any atom is -0.497 e. The first-order valence-corrected chi connectivity index (χ1v) is 9.03. The summed E-state index contributed by atoms with van der Waals surface area (Å²) in [6, 6.07) is 16.6. The number of nitrogens with zero attached hydrogens (tertiary/aromatic N) is 2. The van der Waals surface area contributed by atoms with Crippen LogP contribution < -0.4 is 20.3 Å². The van der Waals surface area contributed by atoms with Crippen LogP contribution in [0.25, 0.3) is 0 Å². The highest BCUT2D eigenvalue weighted by Crippen LogP contribution is 2.14. The van der Waals surface area contributed by atoms with E-state index in [1.807, 2.05) is 26.2 Å². The van der Waals surface area contributed by atoms with Gasteiger partial charge in [-0.1, -0.05) is 24.3 Å². The SMILES string of the molecule is CCNC(=NCc1cccc(N(C)C)c1)NCCc1ccc(OC)cc1. The van der Waals surface area contributed by atoms with E-state index in [0.29, 0.717) is 6.54 Å². The first-order chi connectivity index (χ1) is 12.6. The van der Waals surface area contributed by atoms with Crippen LogP contribution in [0.1, 0.15) is 18.1 Å². The Morgan fingerprint density at radius 2 is 1.81 bits per heavy atom. The first kappa shape index (κ1) is 19.6. The second-order valence-corrected chi connectivity index (χ2v) is 6.28. The fraction of sp³-hybridized carbons (Fsp3) is 0.381. The molecule has 2 aromatic carbocycles. The minimum absolute atomic E-state index is 0.652. The molecule has 0 spiro atoms. The zero-order chi connectivity index (χ0) is 18.8. The summed E-state index contributed by atoms with van der Waals surface area (Å²) in [5, 5.41) is 6.71. The van der Waals surface area contributed by atoms with E-state index >= 15 is 0 Å². The van der Waals surface area contributed by atoms with Gasteiger partial charge in [-0.2, -0.15) is 0 Å². The molecule has 140 valence electrons. The van der Waals surface area contributed by atoms with Crippen LogP contribution in [-0.4, -0.2) is 40.3 Å². The smallest absolute Gasteiger partial charge is 0.191 e. The van der Waals surface area contributed by atoms with E-state index in [2.05, 4.69) is 58.9 Å². The maximum absolute atomic E-state index is 5.19. The van der Waals surface area contributed by atoms with Gasteiger partial charge in [0.25, 0.3) is 0 Å². The zero-order valence-corrected chi connectivity index (χ0v) is 16.2. The standard InChI is InChI=1S/C21H30N4O/c1-5-22-21(23-14-13-17-9-11-20(26-4)12-10-17)24-16-18-7-6-8-19(15-18)25(2)3/h6-12,15H,5,13-14,16H2,1-4H3,(H2,22,23,24). The van der Waals surface area contributed by atoms with Crippen LogP contribution in [0.15, 0.2) is 53.5 Å². The third kappa shape index (κ3) is 6.31. The van der Waals surface area contributed by atoms with Crippen molar-refractivity contribution in [1.29, 1.82) is 0 Å². The number of anilines is 1. The van der Waals surface area contributed by atoms with Crippen LogP contribution in [-0.2, 0) is 13.0 Å². The molecule has 0 saturated carbocycles. The number of aliphatic imine (C=N–C) groups is 1. The lowest BCUT2D eigenvalue weighted by molar-refractivity contribution is 0.414. The van der Waals surface area contributed by atoms with Gasteiger partial charge in [0.1, 0.15) is 5.75 Å². The van der Waals surface area contributed by atoms with Gasteiger partial charge in [-0.05, 0) is 48.7 Å². The molecular formula is C21H30N4O. The number of nitrogens with one attached hydrogen (secondary N) is 2. The van der Waals surface area contributed by atoms with E-state index in [9.17, 15) is 0 Å². The van der Waals surface area contributed by atoms with Crippen molar-refractivity contribution in [2.75, 3.05) is 39.2 Å². The topological polar surface area (TPSA) is 48.9 Å². The van der Waals surface area contributed by atoms with Gasteiger partial charge in [0.15, 0.2) is 5.96 Å². The molecule has 0 unspecified atom stereocenters. The van der Waals surface area contributed by atoms with Gasteiger partial charge in [0.05, 0.1) is 13.7 Å². The van der Waals surface area contributed by atoms with E-state index in [0.717, 1.165) is 31.2 Å². The lowest BCUT2D eigenvalue weighted by Gasteiger charge is -2.14. The van der Waals surface area contributed by atoms with Gasteiger partial charge >= 0.3 is 0 Å². The average Bonchev–Trinajstić information content (AvgIpc) is 2.67. The Labute approximate surface area is 157 Å². The van der Waals surface area contributed by atoms with Crippen molar-refractivity contribution in [2.45, 2.75) is 19.9 Å². The second kappa shape index (κ2) is 10.3. The van der Waals surface area contributed by atoms with Gasteiger partial charge < -0.3 is 20.3 Å². The summed E-state index contributed by atoms with van der Waals surface area (Å²) in [6.45, 7) is 4.40. The van der Waals surface area contributed by atoms with Crippen molar-refractivity contribution >= 4 is 11.6 Å². The van der Waals surface area contributed by atoms with Gasteiger partial charge in [-0.25, -0.2) is 4.99 Å². The minimum atomic E-state index is 0.652. The van der Waals surface area contributed by atoms with Crippen LogP contribution in [0.3, 0.4) is 0 Å². The molecule has 0 aliphatic heterocycles. The Balaban J connectivity index is 1.90. The van der Waals surface area contributed by atoms with Gasteiger partial charge in [0, 0.05) is 32.9 Å². The molecule has 0 aromatic heterocycles. The van der Waals surface area contributed by atoms with Crippen molar-refractivity contribution in [1.82, 2.24) is 10.6 Å². The fourth-order valence-electron chi connectivity index (χ4n) is 2.56. The zero-order valence-electron chi connectivity index (χ0n) is 16.2. The summed E-state index contributed by atoms with van der Waals surface area (Å²) in [5.41, 5.74) is 3.66. The maximum Gasteiger partial charge on any atom is 0.191 e. The first-order valence-electron chi connectivity index (χ1n) is 9.03. The maximum atomic E-state index is 5.19. The van der Waals surface area contributed by atoms with Crippen LogP contribution in [0.5, 0.6) is 5.75 Å². The highest BCUT2D eigenvalue weighted by Gasteiger charge is 2.01. The second-order valence-electron chi connectivity index (χ2n) is 6.28. The normalized spacial score (nSPS) is 11.2. The predicted molar refractivity (Wildman–Crippen MR) is 110 cm³/mol. The van der Waals surface area contributed by atoms with Crippen molar-refractivity contribution in [3.8, 4) is 5.75 Å². The molecule has 0 aliphatic carbocycles. The lowest BCUT2D eigenvalue weighted by Crippen LogP contribution is -2.38. The monoisotopic (exact) mass is 354 g/mol. The summed E-state index contributed by atoms with van der Waals surface area (Å²) in [7, 11) is 5.78. The molecule has 2 rings (SSSR count). The number of methoxy groups -OCH3 is 1. The Bertz CT molecular complexity index is 695. The quantitative estimate of drug-likeness (QED) is 0.565. The fourth-order valence-corrected chi connectivity index (χ4v) is 2.56. The number of benzene rings is 2. The molecule has 0 saturated heterocycles. The Kier molecular flexibility index (Phi) is 7.80. The molecule has 0 aliphatic rings. The van der Waals surface area contributed by atoms with Crippen LogP contribution in [0, 0.1) is 0 Å². The molecule has 0 radical (unpaired) electrons. The summed E-state index contributed by atoms with van der Waals surface area (Å²) < 4.78 is 5.19.